The Morgan fingerprint density at radius 2 is 2.06 bits per heavy atom. The summed E-state index contributed by atoms with van der Waals surface area (Å²) in [6.45, 7) is 0.662. The third-order valence-corrected chi connectivity index (χ3v) is 2.62. The lowest BCUT2D eigenvalue weighted by Gasteiger charge is -1.99. The SMILES string of the molecule is CNCc1c(Cl)c(-c2ncccn2)nn1C. The van der Waals surface area contributed by atoms with E-state index in [4.69, 9.17) is 11.6 Å². The molecule has 1 N–H and O–H groups in total. The van der Waals surface area contributed by atoms with Gasteiger partial charge in [-0.2, -0.15) is 5.10 Å². The van der Waals surface area contributed by atoms with Gasteiger partial charge in [-0.1, -0.05) is 11.6 Å². The molecular formula is C10H12ClN5. The molecule has 2 aromatic rings. The first-order valence-electron chi connectivity index (χ1n) is 4.87. The fourth-order valence-corrected chi connectivity index (χ4v) is 1.77. The number of nitrogens with zero attached hydrogens (tertiary/aromatic N) is 4. The maximum Gasteiger partial charge on any atom is 0.181 e. The van der Waals surface area contributed by atoms with Gasteiger partial charge < -0.3 is 5.32 Å². The Labute approximate surface area is 98.5 Å². The van der Waals surface area contributed by atoms with E-state index in [-0.39, 0.29) is 0 Å². The molecule has 0 radical (unpaired) electrons. The summed E-state index contributed by atoms with van der Waals surface area (Å²) in [7, 11) is 3.72. The Balaban J connectivity index is 2.47. The number of hydrogen-bond donors (Lipinski definition) is 1. The van der Waals surface area contributed by atoms with Crippen LogP contribution >= 0.6 is 11.6 Å². The summed E-state index contributed by atoms with van der Waals surface area (Å²) in [6.07, 6.45) is 3.34. The minimum atomic E-state index is 0.547. The fourth-order valence-electron chi connectivity index (χ4n) is 1.46. The van der Waals surface area contributed by atoms with Crippen molar-refractivity contribution < 1.29 is 0 Å². The second-order valence-corrected chi connectivity index (χ2v) is 3.71. The summed E-state index contributed by atoms with van der Waals surface area (Å²) in [5.41, 5.74) is 1.54. The summed E-state index contributed by atoms with van der Waals surface area (Å²) in [5, 5.41) is 7.96. The summed E-state index contributed by atoms with van der Waals surface area (Å²) in [6, 6.07) is 1.76. The number of aryl methyl sites for hydroxylation is 1. The van der Waals surface area contributed by atoms with Gasteiger partial charge in [-0.25, -0.2) is 9.97 Å². The van der Waals surface area contributed by atoms with E-state index in [1.165, 1.54) is 0 Å². The maximum absolute atomic E-state index is 6.24. The first-order valence-corrected chi connectivity index (χ1v) is 5.25. The molecule has 0 saturated carbocycles. The number of aromatic nitrogens is 4. The monoisotopic (exact) mass is 237 g/mol. The van der Waals surface area contributed by atoms with Crippen LogP contribution in [0.5, 0.6) is 0 Å². The van der Waals surface area contributed by atoms with E-state index in [1.807, 2.05) is 14.1 Å². The van der Waals surface area contributed by atoms with Gasteiger partial charge in [0.15, 0.2) is 5.82 Å². The van der Waals surface area contributed by atoms with Crippen LogP contribution in [0, 0.1) is 0 Å². The third kappa shape index (κ3) is 1.91. The van der Waals surface area contributed by atoms with E-state index in [0.717, 1.165) is 5.69 Å². The molecule has 6 heteroatoms. The largest absolute Gasteiger partial charge is 0.314 e. The Kier molecular flexibility index (Phi) is 3.17. The van der Waals surface area contributed by atoms with Crippen LogP contribution in [0.25, 0.3) is 11.5 Å². The zero-order chi connectivity index (χ0) is 11.5. The highest BCUT2D eigenvalue weighted by Gasteiger charge is 2.16. The van der Waals surface area contributed by atoms with Crippen LogP contribution in [0.2, 0.25) is 5.02 Å². The predicted molar refractivity (Wildman–Crippen MR) is 62.0 cm³/mol. The van der Waals surface area contributed by atoms with Gasteiger partial charge in [-0.05, 0) is 13.1 Å². The molecule has 0 spiro atoms. The average Bonchev–Trinajstić information content (AvgIpc) is 2.59. The van der Waals surface area contributed by atoms with Crippen molar-refractivity contribution in [1.29, 1.82) is 0 Å². The number of halogens is 1. The second kappa shape index (κ2) is 4.59. The second-order valence-electron chi connectivity index (χ2n) is 3.34. The van der Waals surface area contributed by atoms with Crippen LogP contribution in [0.15, 0.2) is 18.5 Å². The molecule has 0 amide bonds. The molecule has 0 saturated heterocycles. The Hall–Kier alpha value is -1.46. The molecule has 2 aromatic heterocycles. The standard InChI is InChI=1S/C10H12ClN5/c1-12-6-7-8(11)9(15-16(7)2)10-13-4-3-5-14-10/h3-5,12H,6H2,1-2H3. The summed E-state index contributed by atoms with van der Waals surface area (Å²) in [4.78, 5) is 8.27. The van der Waals surface area contributed by atoms with Crippen molar-refractivity contribution in [3.05, 3.63) is 29.2 Å². The molecule has 0 bridgehead atoms. The first-order chi connectivity index (χ1) is 7.74. The lowest BCUT2D eigenvalue weighted by atomic mass is 10.3. The molecule has 2 rings (SSSR count). The normalized spacial score (nSPS) is 10.7. The van der Waals surface area contributed by atoms with E-state index >= 15 is 0 Å². The molecule has 0 aliphatic rings. The van der Waals surface area contributed by atoms with Gasteiger partial charge in [-0.3, -0.25) is 4.68 Å². The highest BCUT2D eigenvalue weighted by Crippen LogP contribution is 2.26. The molecule has 0 unspecified atom stereocenters. The quantitative estimate of drug-likeness (QED) is 0.873. The van der Waals surface area contributed by atoms with Gasteiger partial charge >= 0.3 is 0 Å². The Morgan fingerprint density at radius 1 is 1.38 bits per heavy atom. The Bertz CT molecular complexity index is 479. The molecule has 0 atom stereocenters. The first kappa shape index (κ1) is 11.0. The van der Waals surface area contributed by atoms with Gasteiger partial charge in [0.25, 0.3) is 0 Å². The van der Waals surface area contributed by atoms with E-state index in [9.17, 15) is 0 Å². The van der Waals surface area contributed by atoms with E-state index in [0.29, 0.717) is 23.1 Å². The molecule has 0 aliphatic heterocycles. The zero-order valence-corrected chi connectivity index (χ0v) is 9.86. The predicted octanol–water partition coefficient (Wildman–Crippen LogP) is 1.25. The maximum atomic E-state index is 6.24. The van der Waals surface area contributed by atoms with Gasteiger partial charge in [0.2, 0.25) is 0 Å². The van der Waals surface area contributed by atoms with Crippen LogP contribution in [0.1, 0.15) is 5.69 Å². The minimum Gasteiger partial charge on any atom is -0.314 e. The third-order valence-electron chi connectivity index (χ3n) is 2.22. The molecule has 0 aliphatic carbocycles. The lowest BCUT2D eigenvalue weighted by Crippen LogP contribution is -2.09. The van der Waals surface area contributed by atoms with Crippen LogP contribution in [0.4, 0.5) is 0 Å². The van der Waals surface area contributed by atoms with Crippen LogP contribution in [-0.4, -0.2) is 26.8 Å². The molecule has 0 fully saturated rings. The van der Waals surface area contributed by atoms with Crippen molar-refractivity contribution in [3.63, 3.8) is 0 Å². The summed E-state index contributed by atoms with van der Waals surface area (Å²) >= 11 is 6.24. The fraction of sp³-hybridized carbons (Fsp3) is 0.300. The molecule has 5 nitrogen and oxygen atoms in total. The van der Waals surface area contributed by atoms with Crippen LogP contribution < -0.4 is 5.32 Å². The summed E-state index contributed by atoms with van der Waals surface area (Å²) in [5.74, 6) is 0.547. The van der Waals surface area contributed by atoms with Crippen molar-refractivity contribution in [1.82, 2.24) is 25.1 Å². The minimum absolute atomic E-state index is 0.547. The van der Waals surface area contributed by atoms with Crippen LogP contribution in [0.3, 0.4) is 0 Å². The van der Waals surface area contributed by atoms with Gasteiger partial charge in [0, 0.05) is 26.0 Å². The van der Waals surface area contributed by atoms with Gasteiger partial charge in [0.05, 0.1) is 10.7 Å². The van der Waals surface area contributed by atoms with Crippen molar-refractivity contribution in [2.24, 2.45) is 7.05 Å². The topological polar surface area (TPSA) is 55.6 Å². The van der Waals surface area contributed by atoms with Crippen molar-refractivity contribution in [3.8, 4) is 11.5 Å². The van der Waals surface area contributed by atoms with E-state index in [1.54, 1.807) is 23.1 Å². The molecule has 0 aromatic carbocycles. The summed E-state index contributed by atoms with van der Waals surface area (Å²) < 4.78 is 1.74. The van der Waals surface area contributed by atoms with Gasteiger partial charge in [-0.15, -0.1) is 0 Å². The number of rotatable bonds is 3. The lowest BCUT2D eigenvalue weighted by molar-refractivity contribution is 0.673. The van der Waals surface area contributed by atoms with Crippen LogP contribution in [-0.2, 0) is 13.6 Å². The van der Waals surface area contributed by atoms with Crippen molar-refractivity contribution >= 4 is 11.6 Å². The zero-order valence-electron chi connectivity index (χ0n) is 9.11. The van der Waals surface area contributed by atoms with Crippen molar-refractivity contribution in [2.45, 2.75) is 6.54 Å². The molecule has 16 heavy (non-hydrogen) atoms. The average molecular weight is 238 g/mol. The van der Waals surface area contributed by atoms with Crippen molar-refractivity contribution in [2.75, 3.05) is 7.05 Å². The molecule has 2 heterocycles. The number of nitrogens with one attached hydrogen (secondary N) is 1. The van der Waals surface area contributed by atoms with E-state index in [2.05, 4.69) is 20.4 Å². The highest BCUT2D eigenvalue weighted by atomic mass is 35.5. The Morgan fingerprint density at radius 3 is 2.69 bits per heavy atom. The highest BCUT2D eigenvalue weighted by molar-refractivity contribution is 6.33. The molecular weight excluding hydrogens is 226 g/mol. The van der Waals surface area contributed by atoms with E-state index < -0.39 is 0 Å². The van der Waals surface area contributed by atoms with Gasteiger partial charge in [0.1, 0.15) is 5.69 Å². The molecule has 84 valence electrons. The smallest absolute Gasteiger partial charge is 0.181 e. The number of hydrogen-bond acceptors (Lipinski definition) is 4.